The second kappa shape index (κ2) is 7.04. The van der Waals surface area contributed by atoms with Crippen molar-refractivity contribution in [3.63, 3.8) is 0 Å². The van der Waals surface area contributed by atoms with Gasteiger partial charge < -0.3 is 15.1 Å². The Hall–Kier alpha value is -3.35. The standard InChI is InChI=1S/C18H17N3O4/c1-11(22)20-14-5-3-13(4-6-14)17(23)19-9-8-12-2-7-15-16(10-12)25-18(24)21-15/h2-7,10H,8-9H2,1H3,(H,19,23)(H,20,22)(H,21,24). The number of rotatable bonds is 5. The summed E-state index contributed by atoms with van der Waals surface area (Å²) >= 11 is 0. The number of carbonyl (C=O) groups excluding carboxylic acids is 2. The monoisotopic (exact) mass is 339 g/mol. The quantitative estimate of drug-likeness (QED) is 0.662. The number of H-pyrrole nitrogens is 1. The Morgan fingerprint density at radius 1 is 1.12 bits per heavy atom. The lowest BCUT2D eigenvalue weighted by Crippen LogP contribution is -2.25. The van der Waals surface area contributed by atoms with Gasteiger partial charge in [-0.15, -0.1) is 0 Å². The van der Waals surface area contributed by atoms with E-state index in [0.717, 1.165) is 5.56 Å². The molecular weight excluding hydrogens is 322 g/mol. The molecule has 0 aliphatic carbocycles. The molecule has 0 radical (unpaired) electrons. The molecule has 7 heteroatoms. The maximum absolute atomic E-state index is 12.1. The van der Waals surface area contributed by atoms with Crippen molar-refractivity contribution < 1.29 is 14.0 Å². The van der Waals surface area contributed by atoms with E-state index in [-0.39, 0.29) is 11.8 Å². The van der Waals surface area contributed by atoms with E-state index in [0.29, 0.717) is 35.3 Å². The van der Waals surface area contributed by atoms with Gasteiger partial charge in [-0.05, 0) is 48.4 Å². The molecule has 2 aromatic carbocycles. The summed E-state index contributed by atoms with van der Waals surface area (Å²) in [5.74, 6) is -0.834. The van der Waals surface area contributed by atoms with Gasteiger partial charge in [0.1, 0.15) is 0 Å². The molecule has 128 valence electrons. The zero-order chi connectivity index (χ0) is 17.8. The minimum atomic E-state index is -0.483. The fraction of sp³-hybridized carbons (Fsp3) is 0.167. The first-order valence-corrected chi connectivity index (χ1v) is 7.79. The molecule has 0 spiro atoms. The number of benzene rings is 2. The Bertz CT molecular complexity index is 970. The van der Waals surface area contributed by atoms with E-state index in [1.165, 1.54) is 6.92 Å². The third kappa shape index (κ3) is 4.14. The smallest absolute Gasteiger partial charge is 0.408 e. The molecule has 0 aliphatic heterocycles. The summed E-state index contributed by atoms with van der Waals surface area (Å²) in [6.45, 7) is 1.88. The molecule has 3 N–H and O–H groups in total. The maximum atomic E-state index is 12.1. The summed E-state index contributed by atoms with van der Waals surface area (Å²) in [4.78, 5) is 36.8. The fourth-order valence-corrected chi connectivity index (χ4v) is 2.48. The van der Waals surface area contributed by atoms with Crippen molar-refractivity contribution in [3.05, 3.63) is 64.1 Å². The molecule has 3 rings (SSSR count). The molecule has 0 saturated heterocycles. The van der Waals surface area contributed by atoms with E-state index >= 15 is 0 Å². The van der Waals surface area contributed by atoms with E-state index in [2.05, 4.69) is 15.6 Å². The molecule has 25 heavy (non-hydrogen) atoms. The van der Waals surface area contributed by atoms with Gasteiger partial charge in [0.05, 0.1) is 5.52 Å². The zero-order valence-electron chi connectivity index (χ0n) is 13.6. The Balaban J connectivity index is 1.56. The minimum absolute atomic E-state index is 0.160. The van der Waals surface area contributed by atoms with Gasteiger partial charge in [-0.1, -0.05) is 6.07 Å². The van der Waals surface area contributed by atoms with Crippen LogP contribution in [0.15, 0.2) is 51.7 Å². The van der Waals surface area contributed by atoms with Gasteiger partial charge in [-0.3, -0.25) is 14.6 Å². The topological polar surface area (TPSA) is 104 Å². The summed E-state index contributed by atoms with van der Waals surface area (Å²) in [6, 6.07) is 12.1. The molecule has 2 amide bonds. The van der Waals surface area contributed by atoms with Crippen molar-refractivity contribution in [2.24, 2.45) is 0 Å². The first kappa shape index (κ1) is 16.5. The van der Waals surface area contributed by atoms with E-state index in [1.54, 1.807) is 36.4 Å². The van der Waals surface area contributed by atoms with Gasteiger partial charge >= 0.3 is 5.76 Å². The van der Waals surface area contributed by atoms with Crippen LogP contribution in [-0.2, 0) is 11.2 Å². The van der Waals surface area contributed by atoms with E-state index in [1.807, 2.05) is 6.07 Å². The highest BCUT2D eigenvalue weighted by molar-refractivity contribution is 5.95. The number of hydrogen-bond acceptors (Lipinski definition) is 4. The highest BCUT2D eigenvalue weighted by atomic mass is 16.4. The Morgan fingerprint density at radius 3 is 2.60 bits per heavy atom. The Morgan fingerprint density at radius 2 is 1.88 bits per heavy atom. The molecule has 3 aromatic rings. The number of fused-ring (bicyclic) bond motifs is 1. The number of anilines is 1. The predicted octanol–water partition coefficient (Wildman–Crippen LogP) is 2.05. The molecule has 0 unspecified atom stereocenters. The number of carbonyl (C=O) groups is 2. The number of nitrogens with one attached hydrogen (secondary N) is 3. The third-order valence-corrected chi connectivity index (χ3v) is 3.65. The van der Waals surface area contributed by atoms with Crippen molar-refractivity contribution in [2.75, 3.05) is 11.9 Å². The molecule has 0 saturated carbocycles. The number of amides is 2. The van der Waals surface area contributed by atoms with Crippen LogP contribution in [0.2, 0.25) is 0 Å². The van der Waals surface area contributed by atoms with Gasteiger partial charge in [0.15, 0.2) is 5.58 Å². The first-order chi connectivity index (χ1) is 12.0. The largest absolute Gasteiger partial charge is 0.417 e. The summed E-state index contributed by atoms with van der Waals surface area (Å²) in [5, 5.41) is 5.48. The average Bonchev–Trinajstić information content (AvgIpc) is 2.94. The molecular formula is C18H17N3O4. The summed E-state index contributed by atoms with van der Waals surface area (Å²) in [5.41, 5.74) is 3.27. The summed E-state index contributed by atoms with van der Waals surface area (Å²) in [6.07, 6.45) is 0.612. The zero-order valence-corrected chi connectivity index (χ0v) is 13.6. The van der Waals surface area contributed by atoms with Crippen molar-refractivity contribution in [3.8, 4) is 0 Å². The van der Waals surface area contributed by atoms with Crippen LogP contribution >= 0.6 is 0 Å². The maximum Gasteiger partial charge on any atom is 0.417 e. The van der Waals surface area contributed by atoms with Crippen LogP contribution < -0.4 is 16.4 Å². The van der Waals surface area contributed by atoms with Gasteiger partial charge in [-0.2, -0.15) is 0 Å². The second-order valence-electron chi connectivity index (χ2n) is 5.61. The summed E-state index contributed by atoms with van der Waals surface area (Å²) in [7, 11) is 0. The van der Waals surface area contributed by atoms with Crippen LogP contribution in [0, 0.1) is 0 Å². The molecule has 0 bridgehead atoms. The third-order valence-electron chi connectivity index (χ3n) is 3.65. The number of aromatic amines is 1. The van der Waals surface area contributed by atoms with Crippen LogP contribution in [0.1, 0.15) is 22.8 Å². The predicted molar refractivity (Wildman–Crippen MR) is 93.6 cm³/mol. The fourth-order valence-electron chi connectivity index (χ4n) is 2.48. The molecule has 1 aromatic heterocycles. The van der Waals surface area contributed by atoms with Gasteiger partial charge in [-0.25, -0.2) is 4.79 Å². The van der Waals surface area contributed by atoms with Crippen molar-refractivity contribution in [2.45, 2.75) is 13.3 Å². The molecule has 0 atom stereocenters. The van der Waals surface area contributed by atoms with E-state index in [9.17, 15) is 14.4 Å². The minimum Gasteiger partial charge on any atom is -0.408 e. The highest BCUT2D eigenvalue weighted by Crippen LogP contribution is 2.13. The van der Waals surface area contributed by atoms with E-state index < -0.39 is 5.76 Å². The van der Waals surface area contributed by atoms with Crippen LogP contribution in [-0.4, -0.2) is 23.3 Å². The van der Waals surface area contributed by atoms with Gasteiger partial charge in [0.25, 0.3) is 5.91 Å². The lowest BCUT2D eigenvalue weighted by atomic mass is 10.1. The van der Waals surface area contributed by atoms with Crippen LogP contribution in [0.4, 0.5) is 5.69 Å². The molecule has 0 aliphatic rings. The van der Waals surface area contributed by atoms with Crippen molar-refractivity contribution >= 4 is 28.6 Å². The van der Waals surface area contributed by atoms with Gasteiger partial charge in [0.2, 0.25) is 5.91 Å². The normalized spacial score (nSPS) is 10.6. The summed E-state index contributed by atoms with van der Waals surface area (Å²) < 4.78 is 5.02. The van der Waals surface area contributed by atoms with Gasteiger partial charge in [0, 0.05) is 24.7 Å². The van der Waals surface area contributed by atoms with Crippen molar-refractivity contribution in [1.82, 2.24) is 10.3 Å². The van der Waals surface area contributed by atoms with Crippen molar-refractivity contribution in [1.29, 1.82) is 0 Å². The Labute approximate surface area is 143 Å². The molecule has 0 fully saturated rings. The lowest BCUT2D eigenvalue weighted by Gasteiger charge is -2.07. The molecule has 1 heterocycles. The van der Waals surface area contributed by atoms with E-state index in [4.69, 9.17) is 4.42 Å². The number of aromatic nitrogens is 1. The lowest BCUT2D eigenvalue weighted by molar-refractivity contribution is -0.114. The number of oxazole rings is 1. The molecule has 7 nitrogen and oxygen atoms in total. The first-order valence-electron chi connectivity index (χ1n) is 7.79. The second-order valence-corrected chi connectivity index (χ2v) is 5.61. The van der Waals surface area contributed by atoms with Crippen LogP contribution in [0.5, 0.6) is 0 Å². The van der Waals surface area contributed by atoms with Crippen LogP contribution in [0.3, 0.4) is 0 Å². The SMILES string of the molecule is CC(=O)Nc1ccc(C(=O)NCCc2ccc3[nH]c(=O)oc3c2)cc1. The van der Waals surface area contributed by atoms with Crippen LogP contribution in [0.25, 0.3) is 11.1 Å². The number of hydrogen-bond donors (Lipinski definition) is 3. The average molecular weight is 339 g/mol. The highest BCUT2D eigenvalue weighted by Gasteiger charge is 2.06. The Kier molecular flexibility index (Phi) is 4.65.